The molecule has 2 heteroatoms. The Labute approximate surface area is 128 Å². The summed E-state index contributed by atoms with van der Waals surface area (Å²) in [5, 5.41) is 0. The first kappa shape index (κ1) is 14.4. The van der Waals surface area contributed by atoms with Crippen LogP contribution in [0.25, 0.3) is 0 Å². The minimum atomic E-state index is 0.502. The molecular formula is C19H24N2. The average Bonchev–Trinajstić information content (AvgIpc) is 2.57. The number of likely N-dealkylation sites (tertiary alicyclic amines) is 1. The lowest BCUT2D eigenvalue weighted by molar-refractivity contribution is 0.169. The minimum absolute atomic E-state index is 0.502. The number of allylic oxidation sites excluding steroid dienone is 2. The van der Waals surface area contributed by atoms with E-state index in [2.05, 4.69) is 33.9 Å². The van der Waals surface area contributed by atoms with Crippen molar-refractivity contribution in [3.63, 3.8) is 0 Å². The van der Waals surface area contributed by atoms with Crippen LogP contribution < -0.4 is 0 Å². The fourth-order valence-electron chi connectivity index (χ4n) is 3.34. The Morgan fingerprint density at radius 2 is 2.24 bits per heavy atom. The third-order valence-electron chi connectivity index (χ3n) is 4.50. The highest BCUT2D eigenvalue weighted by molar-refractivity contribution is 5.30. The number of rotatable bonds is 2. The second kappa shape index (κ2) is 7.43. The molecule has 1 aliphatic carbocycles. The molecule has 2 nitrogen and oxygen atoms in total. The van der Waals surface area contributed by atoms with E-state index in [0.29, 0.717) is 6.04 Å². The van der Waals surface area contributed by atoms with Crippen LogP contribution in [0.3, 0.4) is 0 Å². The number of piperidine rings is 1. The van der Waals surface area contributed by atoms with Crippen LogP contribution in [0.2, 0.25) is 0 Å². The van der Waals surface area contributed by atoms with Crippen LogP contribution in [0.5, 0.6) is 0 Å². The Morgan fingerprint density at radius 1 is 1.24 bits per heavy atom. The SMILES string of the molecule is C(#CC1=CCCCC1)CN1CCCC[C@@H]1c1cccnc1. The van der Waals surface area contributed by atoms with Gasteiger partial charge in [-0.05, 0) is 62.3 Å². The van der Waals surface area contributed by atoms with Gasteiger partial charge in [0.2, 0.25) is 0 Å². The maximum absolute atomic E-state index is 4.28. The molecule has 110 valence electrons. The molecule has 0 radical (unpaired) electrons. The third kappa shape index (κ3) is 3.95. The van der Waals surface area contributed by atoms with Crippen molar-refractivity contribution in [3.05, 3.63) is 41.7 Å². The zero-order valence-corrected chi connectivity index (χ0v) is 12.7. The van der Waals surface area contributed by atoms with Crippen molar-refractivity contribution in [2.75, 3.05) is 13.1 Å². The Kier molecular flexibility index (Phi) is 5.08. The summed E-state index contributed by atoms with van der Waals surface area (Å²) in [4.78, 5) is 6.80. The Balaban J connectivity index is 1.65. The molecule has 0 bridgehead atoms. The fourth-order valence-corrected chi connectivity index (χ4v) is 3.34. The van der Waals surface area contributed by atoms with E-state index < -0.39 is 0 Å². The van der Waals surface area contributed by atoms with Crippen molar-refractivity contribution in [1.29, 1.82) is 0 Å². The molecular weight excluding hydrogens is 256 g/mol. The van der Waals surface area contributed by atoms with Crippen LogP contribution in [0.1, 0.15) is 56.6 Å². The molecule has 0 amide bonds. The molecule has 0 N–H and O–H groups in total. The van der Waals surface area contributed by atoms with E-state index in [0.717, 1.165) is 13.1 Å². The van der Waals surface area contributed by atoms with Gasteiger partial charge in [-0.25, -0.2) is 0 Å². The van der Waals surface area contributed by atoms with Gasteiger partial charge < -0.3 is 0 Å². The summed E-state index contributed by atoms with van der Waals surface area (Å²) in [6, 6.07) is 4.75. The molecule has 1 aromatic heterocycles. The summed E-state index contributed by atoms with van der Waals surface area (Å²) in [6.45, 7) is 2.05. The summed E-state index contributed by atoms with van der Waals surface area (Å²) < 4.78 is 0. The van der Waals surface area contributed by atoms with E-state index in [9.17, 15) is 0 Å². The van der Waals surface area contributed by atoms with Crippen molar-refractivity contribution < 1.29 is 0 Å². The number of hydrogen-bond donors (Lipinski definition) is 0. The van der Waals surface area contributed by atoms with Crippen molar-refractivity contribution >= 4 is 0 Å². The molecule has 0 unspecified atom stereocenters. The van der Waals surface area contributed by atoms with Gasteiger partial charge in [-0.1, -0.05) is 30.4 Å². The van der Waals surface area contributed by atoms with Gasteiger partial charge in [-0.15, -0.1) is 0 Å². The van der Waals surface area contributed by atoms with E-state index >= 15 is 0 Å². The van der Waals surface area contributed by atoms with Gasteiger partial charge >= 0.3 is 0 Å². The second-order valence-corrected chi connectivity index (χ2v) is 6.05. The van der Waals surface area contributed by atoms with E-state index in [1.165, 1.54) is 56.1 Å². The van der Waals surface area contributed by atoms with Gasteiger partial charge in [0.1, 0.15) is 0 Å². The van der Waals surface area contributed by atoms with Crippen molar-refractivity contribution in [1.82, 2.24) is 9.88 Å². The smallest absolute Gasteiger partial charge is 0.0610 e. The highest BCUT2D eigenvalue weighted by Crippen LogP contribution is 2.29. The number of nitrogens with zero attached hydrogens (tertiary/aromatic N) is 2. The zero-order valence-electron chi connectivity index (χ0n) is 12.7. The van der Waals surface area contributed by atoms with Crippen LogP contribution >= 0.6 is 0 Å². The standard InChI is InChI=1S/C19H24N2/c1-2-8-17(9-3-1)10-7-15-21-14-5-4-12-19(21)18-11-6-13-20-16-18/h6,8,11,13,16,19H,1-5,9,12,14-15H2/t19-/m1/s1. The maximum Gasteiger partial charge on any atom is 0.0610 e. The van der Waals surface area contributed by atoms with E-state index in [-0.39, 0.29) is 0 Å². The largest absolute Gasteiger partial charge is 0.285 e. The molecule has 3 rings (SSSR count). The van der Waals surface area contributed by atoms with Gasteiger partial charge in [0.05, 0.1) is 6.54 Å². The maximum atomic E-state index is 4.28. The van der Waals surface area contributed by atoms with Crippen LogP contribution in [0.15, 0.2) is 36.2 Å². The highest BCUT2D eigenvalue weighted by Gasteiger charge is 2.23. The average molecular weight is 280 g/mol. The molecule has 1 saturated heterocycles. The fraction of sp³-hybridized carbons (Fsp3) is 0.526. The Morgan fingerprint density at radius 3 is 3.05 bits per heavy atom. The molecule has 1 aromatic rings. The van der Waals surface area contributed by atoms with Crippen LogP contribution in [-0.2, 0) is 0 Å². The van der Waals surface area contributed by atoms with Gasteiger partial charge in [-0.3, -0.25) is 9.88 Å². The zero-order chi connectivity index (χ0) is 14.3. The van der Waals surface area contributed by atoms with E-state index in [1.54, 1.807) is 0 Å². The van der Waals surface area contributed by atoms with Gasteiger partial charge in [0, 0.05) is 18.4 Å². The van der Waals surface area contributed by atoms with Gasteiger partial charge in [-0.2, -0.15) is 0 Å². The molecule has 0 aromatic carbocycles. The summed E-state index contributed by atoms with van der Waals surface area (Å²) in [6.07, 6.45) is 15.1. The lowest BCUT2D eigenvalue weighted by Gasteiger charge is -2.34. The summed E-state index contributed by atoms with van der Waals surface area (Å²) in [5.41, 5.74) is 2.70. The quantitative estimate of drug-likeness (QED) is 0.758. The molecule has 2 heterocycles. The molecule has 1 fully saturated rings. The van der Waals surface area contributed by atoms with E-state index in [4.69, 9.17) is 0 Å². The highest BCUT2D eigenvalue weighted by atomic mass is 15.2. The lowest BCUT2D eigenvalue weighted by atomic mass is 9.96. The molecule has 0 saturated carbocycles. The van der Waals surface area contributed by atoms with Crippen LogP contribution in [-0.4, -0.2) is 23.0 Å². The predicted molar refractivity (Wildman–Crippen MR) is 86.7 cm³/mol. The number of hydrogen-bond acceptors (Lipinski definition) is 2. The predicted octanol–water partition coefficient (Wildman–Crippen LogP) is 4.11. The first-order valence-electron chi connectivity index (χ1n) is 8.25. The third-order valence-corrected chi connectivity index (χ3v) is 4.50. The number of pyridine rings is 1. The molecule has 0 spiro atoms. The first-order valence-corrected chi connectivity index (χ1v) is 8.25. The van der Waals surface area contributed by atoms with Crippen molar-refractivity contribution in [2.45, 2.75) is 51.0 Å². The molecule has 1 atom stereocenters. The van der Waals surface area contributed by atoms with Crippen molar-refractivity contribution in [3.8, 4) is 11.8 Å². The van der Waals surface area contributed by atoms with Crippen LogP contribution in [0, 0.1) is 11.8 Å². The van der Waals surface area contributed by atoms with Gasteiger partial charge in [0.15, 0.2) is 0 Å². The molecule has 2 aliphatic rings. The lowest BCUT2D eigenvalue weighted by Crippen LogP contribution is -2.33. The Hall–Kier alpha value is -1.59. The monoisotopic (exact) mass is 280 g/mol. The van der Waals surface area contributed by atoms with Gasteiger partial charge in [0.25, 0.3) is 0 Å². The summed E-state index contributed by atoms with van der Waals surface area (Å²) in [5.74, 6) is 6.81. The second-order valence-electron chi connectivity index (χ2n) is 6.05. The van der Waals surface area contributed by atoms with E-state index in [1.807, 2.05) is 18.5 Å². The van der Waals surface area contributed by atoms with Crippen molar-refractivity contribution in [2.24, 2.45) is 0 Å². The summed E-state index contributed by atoms with van der Waals surface area (Å²) in [7, 11) is 0. The minimum Gasteiger partial charge on any atom is -0.285 e. The molecule has 1 aliphatic heterocycles. The number of aromatic nitrogens is 1. The first-order chi connectivity index (χ1) is 10.4. The normalized spacial score (nSPS) is 23.0. The molecule has 21 heavy (non-hydrogen) atoms. The summed E-state index contributed by atoms with van der Waals surface area (Å²) >= 11 is 0. The Bertz CT molecular complexity index is 536. The topological polar surface area (TPSA) is 16.1 Å². The van der Waals surface area contributed by atoms with Crippen LogP contribution in [0.4, 0.5) is 0 Å².